The van der Waals surface area contributed by atoms with Crippen LogP contribution in [-0.4, -0.2) is 75.4 Å². The van der Waals surface area contributed by atoms with Crippen LogP contribution in [-0.2, 0) is 33.7 Å². The molecular formula is C24H31NO8S. The summed E-state index contributed by atoms with van der Waals surface area (Å²) in [4.78, 5) is 37.8. The highest BCUT2D eigenvalue weighted by atomic mass is 32.2. The molecular weight excluding hydrogens is 462 g/mol. The average Bonchev–Trinajstić information content (AvgIpc) is 2.80. The number of carboxylic acids is 1. The molecule has 1 N–H and O–H groups in total. The van der Waals surface area contributed by atoms with Crippen molar-refractivity contribution in [3.05, 3.63) is 42.5 Å². The van der Waals surface area contributed by atoms with E-state index in [-0.39, 0.29) is 37.4 Å². The van der Waals surface area contributed by atoms with E-state index in [1.54, 1.807) is 31.2 Å². The summed E-state index contributed by atoms with van der Waals surface area (Å²) >= 11 is 0. The Morgan fingerprint density at radius 3 is 2.44 bits per heavy atom. The lowest BCUT2D eigenvalue weighted by molar-refractivity contribution is -0.150. The van der Waals surface area contributed by atoms with Crippen LogP contribution in [0.25, 0.3) is 10.8 Å². The summed E-state index contributed by atoms with van der Waals surface area (Å²) in [6, 6.07) is 12.0. The van der Waals surface area contributed by atoms with Gasteiger partial charge in [-0.15, -0.1) is 0 Å². The van der Waals surface area contributed by atoms with Gasteiger partial charge >= 0.3 is 11.9 Å². The van der Waals surface area contributed by atoms with E-state index in [4.69, 9.17) is 14.6 Å². The SMILES string of the molecule is CCOC(=O)CN(CCCOC)C(=O)C(CCC(=O)O)CS(=O)(=O)c1ccc2ccccc2c1. The largest absolute Gasteiger partial charge is 0.481 e. The van der Waals surface area contributed by atoms with E-state index < -0.39 is 39.4 Å². The summed E-state index contributed by atoms with van der Waals surface area (Å²) in [6.07, 6.45) is -0.135. The highest BCUT2D eigenvalue weighted by Crippen LogP contribution is 2.23. The third kappa shape index (κ3) is 8.11. The van der Waals surface area contributed by atoms with E-state index in [1.165, 1.54) is 18.1 Å². The third-order valence-corrected chi connectivity index (χ3v) is 7.08. The molecule has 0 aromatic heterocycles. The fourth-order valence-corrected chi connectivity index (χ4v) is 5.20. The first-order chi connectivity index (χ1) is 16.2. The van der Waals surface area contributed by atoms with Crippen molar-refractivity contribution in [2.75, 3.05) is 39.2 Å². The van der Waals surface area contributed by atoms with E-state index >= 15 is 0 Å². The van der Waals surface area contributed by atoms with Gasteiger partial charge in [0, 0.05) is 26.7 Å². The van der Waals surface area contributed by atoms with Crippen molar-refractivity contribution in [3.63, 3.8) is 0 Å². The number of carbonyl (C=O) groups is 3. The number of rotatable bonds is 14. The molecule has 10 heteroatoms. The zero-order valence-corrected chi connectivity index (χ0v) is 20.3. The molecule has 186 valence electrons. The minimum Gasteiger partial charge on any atom is -0.481 e. The molecule has 0 aliphatic rings. The molecule has 0 saturated carbocycles. The Labute approximate surface area is 199 Å². The van der Waals surface area contributed by atoms with Gasteiger partial charge in [0.25, 0.3) is 0 Å². The number of carboxylic acid groups (broad SMARTS) is 1. The molecule has 0 spiro atoms. The van der Waals surface area contributed by atoms with Crippen LogP contribution in [0.15, 0.2) is 47.4 Å². The maximum atomic E-state index is 13.3. The molecule has 2 rings (SSSR count). The second-order valence-corrected chi connectivity index (χ2v) is 9.87. The number of sulfone groups is 1. The van der Waals surface area contributed by atoms with Gasteiger partial charge in [-0.05, 0) is 42.7 Å². The standard InChI is InChI=1S/C24H31NO8S/c1-3-33-23(28)16-25(13-6-14-32-2)24(29)20(10-12-22(26)27)17-34(30,31)21-11-9-18-7-4-5-8-19(18)15-21/h4-5,7-9,11,15,20H,3,6,10,12-14,16-17H2,1-2H3,(H,26,27). The predicted octanol–water partition coefficient (Wildman–Crippen LogP) is 2.52. The molecule has 0 bridgehead atoms. The molecule has 0 fully saturated rings. The number of ether oxygens (including phenoxy) is 2. The van der Waals surface area contributed by atoms with Crippen molar-refractivity contribution in [1.29, 1.82) is 0 Å². The molecule has 34 heavy (non-hydrogen) atoms. The van der Waals surface area contributed by atoms with E-state index in [0.29, 0.717) is 13.0 Å². The molecule has 2 aromatic rings. The Kier molecular flexibility index (Phi) is 10.5. The molecule has 0 aliphatic heterocycles. The van der Waals surface area contributed by atoms with Gasteiger partial charge in [-0.25, -0.2) is 8.42 Å². The third-order valence-electron chi connectivity index (χ3n) is 5.27. The number of methoxy groups -OCH3 is 1. The van der Waals surface area contributed by atoms with Crippen molar-refractivity contribution < 1.29 is 37.4 Å². The van der Waals surface area contributed by atoms with Gasteiger partial charge in [0.1, 0.15) is 6.54 Å². The fraction of sp³-hybridized carbons (Fsp3) is 0.458. The van der Waals surface area contributed by atoms with Crippen LogP contribution in [0.5, 0.6) is 0 Å². The van der Waals surface area contributed by atoms with E-state index in [1.807, 2.05) is 12.1 Å². The van der Waals surface area contributed by atoms with Gasteiger partial charge < -0.3 is 19.5 Å². The highest BCUT2D eigenvalue weighted by molar-refractivity contribution is 7.91. The highest BCUT2D eigenvalue weighted by Gasteiger charge is 2.31. The van der Waals surface area contributed by atoms with Crippen molar-refractivity contribution in [3.8, 4) is 0 Å². The van der Waals surface area contributed by atoms with Crippen molar-refractivity contribution in [2.24, 2.45) is 5.92 Å². The molecule has 2 aromatic carbocycles. The van der Waals surface area contributed by atoms with Crippen molar-refractivity contribution >= 4 is 38.5 Å². The van der Waals surface area contributed by atoms with E-state index in [9.17, 15) is 22.8 Å². The molecule has 1 unspecified atom stereocenters. The maximum Gasteiger partial charge on any atom is 0.325 e. The number of carbonyl (C=O) groups excluding carboxylic acids is 2. The Morgan fingerprint density at radius 2 is 1.79 bits per heavy atom. The number of esters is 1. The second-order valence-electron chi connectivity index (χ2n) is 7.83. The summed E-state index contributed by atoms with van der Waals surface area (Å²) in [5, 5.41) is 10.8. The summed E-state index contributed by atoms with van der Waals surface area (Å²) in [6.45, 7) is 1.90. The fourth-order valence-electron chi connectivity index (χ4n) is 3.59. The number of fused-ring (bicyclic) bond motifs is 1. The molecule has 1 amide bonds. The summed E-state index contributed by atoms with van der Waals surface area (Å²) in [5.74, 6) is -4.07. The van der Waals surface area contributed by atoms with Gasteiger partial charge in [-0.3, -0.25) is 14.4 Å². The van der Waals surface area contributed by atoms with E-state index in [2.05, 4.69) is 0 Å². The lowest BCUT2D eigenvalue weighted by Gasteiger charge is -2.26. The Balaban J connectivity index is 2.31. The Morgan fingerprint density at radius 1 is 1.09 bits per heavy atom. The molecule has 9 nitrogen and oxygen atoms in total. The van der Waals surface area contributed by atoms with Gasteiger partial charge in [0.15, 0.2) is 9.84 Å². The normalized spacial score (nSPS) is 12.3. The maximum absolute atomic E-state index is 13.3. The summed E-state index contributed by atoms with van der Waals surface area (Å²) in [5.41, 5.74) is 0. The molecule has 1 atom stereocenters. The van der Waals surface area contributed by atoms with Crippen LogP contribution in [0, 0.1) is 5.92 Å². The number of aliphatic carboxylic acids is 1. The zero-order valence-electron chi connectivity index (χ0n) is 19.4. The van der Waals surface area contributed by atoms with E-state index in [0.717, 1.165) is 10.8 Å². The van der Waals surface area contributed by atoms with Crippen LogP contribution < -0.4 is 0 Å². The lowest BCUT2D eigenvalue weighted by atomic mass is 10.0. The van der Waals surface area contributed by atoms with Crippen LogP contribution in [0.4, 0.5) is 0 Å². The first kappa shape index (κ1) is 27.3. The number of amides is 1. The van der Waals surface area contributed by atoms with Gasteiger partial charge in [0.05, 0.1) is 23.2 Å². The number of benzene rings is 2. The Bertz CT molecular complexity index is 1100. The van der Waals surface area contributed by atoms with Gasteiger partial charge in [-0.2, -0.15) is 0 Å². The second kappa shape index (κ2) is 13.0. The summed E-state index contributed by atoms with van der Waals surface area (Å²) in [7, 11) is -2.42. The number of nitrogens with zero attached hydrogens (tertiary/aromatic N) is 1. The monoisotopic (exact) mass is 493 g/mol. The first-order valence-electron chi connectivity index (χ1n) is 11.0. The van der Waals surface area contributed by atoms with Crippen molar-refractivity contribution in [2.45, 2.75) is 31.1 Å². The average molecular weight is 494 g/mol. The van der Waals surface area contributed by atoms with Crippen LogP contribution in [0.3, 0.4) is 0 Å². The number of hydrogen-bond donors (Lipinski definition) is 1. The quantitative estimate of drug-likeness (QED) is 0.314. The van der Waals surface area contributed by atoms with Gasteiger partial charge in [-0.1, -0.05) is 30.3 Å². The first-order valence-corrected chi connectivity index (χ1v) is 12.7. The zero-order chi connectivity index (χ0) is 25.1. The van der Waals surface area contributed by atoms with Gasteiger partial charge in [0.2, 0.25) is 5.91 Å². The smallest absolute Gasteiger partial charge is 0.325 e. The topological polar surface area (TPSA) is 127 Å². The predicted molar refractivity (Wildman–Crippen MR) is 126 cm³/mol. The minimum absolute atomic E-state index is 0.0515. The molecule has 0 aliphatic carbocycles. The molecule has 0 saturated heterocycles. The van der Waals surface area contributed by atoms with Crippen LogP contribution in [0.2, 0.25) is 0 Å². The summed E-state index contributed by atoms with van der Waals surface area (Å²) < 4.78 is 36.4. The van der Waals surface area contributed by atoms with Crippen molar-refractivity contribution in [1.82, 2.24) is 4.90 Å². The minimum atomic E-state index is -3.92. The van der Waals surface area contributed by atoms with Crippen LogP contribution >= 0.6 is 0 Å². The molecule has 0 radical (unpaired) electrons. The Hall–Kier alpha value is -2.98. The molecule has 0 heterocycles. The lowest BCUT2D eigenvalue weighted by Crippen LogP contribution is -2.43. The van der Waals surface area contributed by atoms with Crippen LogP contribution in [0.1, 0.15) is 26.2 Å². The number of hydrogen-bond acceptors (Lipinski definition) is 7.